The van der Waals surface area contributed by atoms with Crippen molar-refractivity contribution in [3.05, 3.63) is 16.3 Å². The quantitative estimate of drug-likeness (QED) is 0.695. The molecule has 0 spiro atoms. The first kappa shape index (κ1) is 15.8. The third-order valence-corrected chi connectivity index (χ3v) is 3.78. The topological polar surface area (TPSA) is 99.9 Å². The Labute approximate surface area is 123 Å². The molecule has 1 amide bonds. The number of carbonyl (C=O) groups is 1. The van der Waals surface area contributed by atoms with E-state index in [0.29, 0.717) is 25.2 Å². The van der Waals surface area contributed by atoms with Gasteiger partial charge in [0.05, 0.1) is 6.10 Å². The van der Waals surface area contributed by atoms with Gasteiger partial charge in [0.2, 0.25) is 5.91 Å². The number of H-pyrrole nitrogens is 2. The minimum atomic E-state index is -0.383. The van der Waals surface area contributed by atoms with Gasteiger partial charge in [-0.25, -0.2) is 9.89 Å². The van der Waals surface area contributed by atoms with Crippen LogP contribution in [0.1, 0.15) is 51.3 Å². The summed E-state index contributed by atoms with van der Waals surface area (Å²) in [6.07, 6.45) is 6.75. The molecule has 0 saturated heterocycles. The zero-order chi connectivity index (χ0) is 15.1. The van der Waals surface area contributed by atoms with Gasteiger partial charge in [-0.15, -0.1) is 0 Å². The number of amides is 1. The monoisotopic (exact) mass is 296 g/mol. The Hall–Kier alpha value is -1.63. The number of aromatic amines is 2. The molecule has 1 atom stereocenters. The molecule has 0 aromatic carbocycles. The molecule has 2 rings (SSSR count). The van der Waals surface area contributed by atoms with Gasteiger partial charge in [-0.2, -0.15) is 5.10 Å². The molecule has 1 fully saturated rings. The number of aromatic nitrogens is 3. The maximum atomic E-state index is 12.1. The maximum Gasteiger partial charge on any atom is 0.340 e. The summed E-state index contributed by atoms with van der Waals surface area (Å²) in [5.41, 5.74) is -0.330. The lowest BCUT2D eigenvalue weighted by Gasteiger charge is -2.26. The molecule has 1 saturated carbocycles. The van der Waals surface area contributed by atoms with Crippen LogP contribution in [0.2, 0.25) is 0 Å². The largest absolute Gasteiger partial charge is 0.365 e. The minimum Gasteiger partial charge on any atom is -0.365 e. The van der Waals surface area contributed by atoms with Gasteiger partial charge in [0.15, 0.2) is 0 Å². The van der Waals surface area contributed by atoms with E-state index in [1.54, 1.807) is 0 Å². The lowest BCUT2D eigenvalue weighted by atomic mass is 9.97. The molecule has 1 unspecified atom stereocenters. The molecule has 0 bridgehead atoms. The number of nitrogens with zero attached hydrogens (tertiary/aromatic N) is 1. The Morgan fingerprint density at radius 1 is 1.43 bits per heavy atom. The summed E-state index contributed by atoms with van der Waals surface area (Å²) in [7, 11) is 0. The van der Waals surface area contributed by atoms with Crippen molar-refractivity contribution in [2.75, 3.05) is 6.54 Å². The van der Waals surface area contributed by atoms with Crippen LogP contribution in [0, 0.1) is 0 Å². The molecule has 1 aliphatic rings. The van der Waals surface area contributed by atoms with Crippen LogP contribution in [-0.2, 0) is 16.0 Å². The highest BCUT2D eigenvalue weighted by Gasteiger charge is 2.23. The van der Waals surface area contributed by atoms with Crippen molar-refractivity contribution in [3.63, 3.8) is 0 Å². The van der Waals surface area contributed by atoms with E-state index in [1.165, 1.54) is 19.3 Å². The number of ether oxygens (including phenoxy) is 1. The number of carbonyl (C=O) groups excluding carboxylic acids is 1. The van der Waals surface area contributed by atoms with E-state index >= 15 is 0 Å². The highest BCUT2D eigenvalue weighted by atomic mass is 16.5. The van der Waals surface area contributed by atoms with Crippen molar-refractivity contribution in [2.24, 2.45) is 0 Å². The number of hydrogen-bond acceptors (Lipinski definition) is 4. The Morgan fingerprint density at radius 3 is 2.81 bits per heavy atom. The van der Waals surface area contributed by atoms with Crippen LogP contribution in [0.15, 0.2) is 4.79 Å². The van der Waals surface area contributed by atoms with E-state index in [9.17, 15) is 9.59 Å². The fraction of sp³-hybridized carbons (Fsp3) is 0.786. The second-order valence-corrected chi connectivity index (χ2v) is 5.46. The second-order valence-electron chi connectivity index (χ2n) is 5.46. The van der Waals surface area contributed by atoms with Crippen molar-refractivity contribution < 1.29 is 9.53 Å². The summed E-state index contributed by atoms with van der Waals surface area (Å²) < 4.78 is 5.92. The Balaban J connectivity index is 1.72. The van der Waals surface area contributed by atoms with Crippen LogP contribution in [-0.4, -0.2) is 39.8 Å². The predicted octanol–water partition coefficient (Wildman–Crippen LogP) is 0.885. The third-order valence-electron chi connectivity index (χ3n) is 3.78. The van der Waals surface area contributed by atoms with Gasteiger partial charge < -0.3 is 10.1 Å². The van der Waals surface area contributed by atoms with Gasteiger partial charge in [-0.3, -0.25) is 9.78 Å². The molecule has 1 heterocycles. The molecule has 1 aliphatic carbocycles. The summed E-state index contributed by atoms with van der Waals surface area (Å²) in [4.78, 5) is 25.5. The van der Waals surface area contributed by atoms with E-state index in [2.05, 4.69) is 20.5 Å². The van der Waals surface area contributed by atoms with Crippen molar-refractivity contribution in [3.8, 4) is 0 Å². The summed E-state index contributed by atoms with van der Waals surface area (Å²) in [6.45, 7) is 2.39. The third kappa shape index (κ3) is 5.00. The fourth-order valence-corrected chi connectivity index (χ4v) is 2.62. The second kappa shape index (κ2) is 7.97. The van der Waals surface area contributed by atoms with Crippen molar-refractivity contribution in [2.45, 2.75) is 64.1 Å². The molecule has 7 nitrogen and oxygen atoms in total. The first-order chi connectivity index (χ1) is 10.2. The van der Waals surface area contributed by atoms with Gasteiger partial charge in [0.25, 0.3) is 0 Å². The number of nitrogens with one attached hydrogen (secondary N) is 3. The average Bonchev–Trinajstić information content (AvgIpc) is 2.91. The highest BCUT2D eigenvalue weighted by molar-refractivity contribution is 5.80. The lowest BCUT2D eigenvalue weighted by Crippen LogP contribution is -2.39. The molecule has 1 aromatic rings. The molecule has 7 heteroatoms. The van der Waals surface area contributed by atoms with Crippen LogP contribution in [0.4, 0.5) is 0 Å². The zero-order valence-electron chi connectivity index (χ0n) is 12.5. The fourth-order valence-electron chi connectivity index (χ4n) is 2.62. The van der Waals surface area contributed by atoms with Gasteiger partial charge in [0.1, 0.15) is 11.9 Å². The summed E-state index contributed by atoms with van der Waals surface area (Å²) in [6, 6.07) is 0. The van der Waals surface area contributed by atoms with E-state index in [4.69, 9.17) is 4.74 Å². The van der Waals surface area contributed by atoms with Crippen molar-refractivity contribution in [1.29, 1.82) is 0 Å². The Morgan fingerprint density at radius 2 is 2.19 bits per heavy atom. The van der Waals surface area contributed by atoms with E-state index in [-0.39, 0.29) is 23.8 Å². The van der Waals surface area contributed by atoms with Crippen LogP contribution in [0.5, 0.6) is 0 Å². The van der Waals surface area contributed by atoms with Crippen molar-refractivity contribution >= 4 is 5.91 Å². The smallest absolute Gasteiger partial charge is 0.340 e. The maximum absolute atomic E-state index is 12.1. The molecular formula is C14H24N4O3. The number of hydrogen-bond donors (Lipinski definition) is 3. The molecule has 3 N–H and O–H groups in total. The van der Waals surface area contributed by atoms with Crippen LogP contribution >= 0.6 is 0 Å². The van der Waals surface area contributed by atoms with Crippen LogP contribution in [0.25, 0.3) is 0 Å². The van der Waals surface area contributed by atoms with Crippen LogP contribution in [0.3, 0.4) is 0 Å². The van der Waals surface area contributed by atoms with Gasteiger partial charge in [-0.1, -0.05) is 26.2 Å². The van der Waals surface area contributed by atoms with E-state index in [0.717, 1.165) is 12.8 Å². The first-order valence-corrected chi connectivity index (χ1v) is 7.75. The molecule has 118 valence electrons. The Kier molecular flexibility index (Phi) is 5.98. The Bertz CT molecular complexity index is 490. The standard InChI is InChI=1S/C14H24N4O3/c1-2-11(21-10-6-4-3-5-7-10)13(19)15-9-8-12-16-14(20)18-17-12/h10-11H,2-9H2,1H3,(H,15,19)(H2,16,17,18,20). The number of rotatable bonds is 7. The van der Waals surface area contributed by atoms with E-state index < -0.39 is 0 Å². The summed E-state index contributed by atoms with van der Waals surface area (Å²) >= 11 is 0. The van der Waals surface area contributed by atoms with Crippen LogP contribution < -0.4 is 11.0 Å². The minimum absolute atomic E-state index is 0.0824. The summed E-state index contributed by atoms with van der Waals surface area (Å²) in [5, 5.41) is 8.93. The van der Waals surface area contributed by atoms with Crippen molar-refractivity contribution in [1.82, 2.24) is 20.5 Å². The zero-order valence-corrected chi connectivity index (χ0v) is 12.5. The van der Waals surface area contributed by atoms with Gasteiger partial charge in [-0.05, 0) is 19.3 Å². The highest BCUT2D eigenvalue weighted by Crippen LogP contribution is 2.22. The first-order valence-electron chi connectivity index (χ1n) is 7.75. The lowest BCUT2D eigenvalue weighted by molar-refractivity contribution is -0.138. The van der Waals surface area contributed by atoms with Gasteiger partial charge >= 0.3 is 5.69 Å². The van der Waals surface area contributed by atoms with Gasteiger partial charge in [0, 0.05) is 13.0 Å². The molecule has 0 radical (unpaired) electrons. The SMILES string of the molecule is CCC(OC1CCCCC1)C(=O)NCCc1n[nH]c(=O)[nH]1. The molecule has 21 heavy (non-hydrogen) atoms. The molecule has 0 aliphatic heterocycles. The summed E-state index contributed by atoms with van der Waals surface area (Å²) in [5.74, 6) is 0.461. The average molecular weight is 296 g/mol. The molecular weight excluding hydrogens is 272 g/mol. The normalized spacial score (nSPS) is 17.6. The van der Waals surface area contributed by atoms with E-state index in [1.807, 2.05) is 6.92 Å². The predicted molar refractivity (Wildman–Crippen MR) is 78.0 cm³/mol. The molecule has 1 aromatic heterocycles.